The molecule has 1 aliphatic rings. The van der Waals surface area contributed by atoms with E-state index in [1.807, 2.05) is 6.20 Å². The van der Waals surface area contributed by atoms with Gasteiger partial charge in [-0.05, 0) is 13.3 Å². The highest BCUT2D eigenvalue weighted by Gasteiger charge is 2.16. The standard InChI is InChI=1S/C7H10N2S/c1-6-5-8-7(10-6)9-3-2-4-9/h5H,2-4H2,1H3. The van der Waals surface area contributed by atoms with E-state index in [-0.39, 0.29) is 0 Å². The van der Waals surface area contributed by atoms with Crippen LogP contribution in [0.5, 0.6) is 0 Å². The maximum absolute atomic E-state index is 4.28. The molecule has 0 spiro atoms. The summed E-state index contributed by atoms with van der Waals surface area (Å²) >= 11 is 1.79. The molecule has 54 valence electrons. The molecular formula is C7H10N2S. The zero-order valence-corrected chi connectivity index (χ0v) is 6.82. The van der Waals surface area contributed by atoms with E-state index in [1.165, 1.54) is 29.5 Å². The molecule has 0 saturated carbocycles. The zero-order chi connectivity index (χ0) is 6.97. The van der Waals surface area contributed by atoms with Crippen molar-refractivity contribution in [2.45, 2.75) is 13.3 Å². The van der Waals surface area contributed by atoms with Crippen molar-refractivity contribution < 1.29 is 0 Å². The molecular weight excluding hydrogens is 144 g/mol. The first-order chi connectivity index (χ1) is 4.86. The molecule has 2 heterocycles. The molecule has 1 aromatic rings. The Morgan fingerprint density at radius 1 is 1.60 bits per heavy atom. The van der Waals surface area contributed by atoms with Crippen molar-refractivity contribution in [3.05, 3.63) is 11.1 Å². The lowest BCUT2D eigenvalue weighted by Crippen LogP contribution is -2.36. The summed E-state index contributed by atoms with van der Waals surface area (Å²) in [6, 6.07) is 0. The van der Waals surface area contributed by atoms with Crippen LogP contribution in [0.4, 0.5) is 5.13 Å². The molecule has 3 heteroatoms. The van der Waals surface area contributed by atoms with Crippen molar-refractivity contribution in [1.82, 2.24) is 4.98 Å². The van der Waals surface area contributed by atoms with Gasteiger partial charge in [0.15, 0.2) is 5.13 Å². The number of hydrogen-bond donors (Lipinski definition) is 0. The van der Waals surface area contributed by atoms with Gasteiger partial charge in [0, 0.05) is 24.2 Å². The Bertz CT molecular complexity index is 227. The molecule has 0 aliphatic carbocycles. The van der Waals surface area contributed by atoms with E-state index in [0.29, 0.717) is 0 Å². The number of hydrogen-bond acceptors (Lipinski definition) is 3. The van der Waals surface area contributed by atoms with Crippen LogP contribution in [0, 0.1) is 6.92 Å². The van der Waals surface area contributed by atoms with Crippen molar-refractivity contribution in [2.24, 2.45) is 0 Å². The molecule has 0 aromatic carbocycles. The SMILES string of the molecule is Cc1cnc(N2CCC2)s1. The lowest BCUT2D eigenvalue weighted by atomic mass is 10.2. The predicted molar refractivity (Wildman–Crippen MR) is 43.7 cm³/mol. The molecule has 0 bridgehead atoms. The third-order valence-electron chi connectivity index (χ3n) is 1.74. The second kappa shape index (κ2) is 2.23. The molecule has 0 amide bonds. The van der Waals surface area contributed by atoms with Gasteiger partial charge >= 0.3 is 0 Å². The molecule has 1 saturated heterocycles. The lowest BCUT2D eigenvalue weighted by Gasteiger charge is -2.30. The van der Waals surface area contributed by atoms with Gasteiger partial charge in [-0.3, -0.25) is 0 Å². The zero-order valence-electron chi connectivity index (χ0n) is 6.00. The summed E-state index contributed by atoms with van der Waals surface area (Å²) in [5.41, 5.74) is 0. The minimum absolute atomic E-state index is 1.20. The van der Waals surface area contributed by atoms with Gasteiger partial charge in [-0.2, -0.15) is 0 Å². The molecule has 0 radical (unpaired) electrons. The van der Waals surface area contributed by atoms with Crippen LogP contribution in [-0.2, 0) is 0 Å². The Kier molecular flexibility index (Phi) is 1.38. The van der Waals surface area contributed by atoms with Crippen molar-refractivity contribution >= 4 is 16.5 Å². The Morgan fingerprint density at radius 3 is 2.80 bits per heavy atom. The van der Waals surface area contributed by atoms with E-state index in [0.717, 1.165) is 0 Å². The van der Waals surface area contributed by atoms with Crippen LogP contribution >= 0.6 is 11.3 Å². The van der Waals surface area contributed by atoms with Crippen molar-refractivity contribution in [2.75, 3.05) is 18.0 Å². The topological polar surface area (TPSA) is 16.1 Å². The van der Waals surface area contributed by atoms with Gasteiger partial charge in [-0.1, -0.05) is 0 Å². The van der Waals surface area contributed by atoms with Crippen LogP contribution in [0.25, 0.3) is 0 Å². The van der Waals surface area contributed by atoms with Crippen LogP contribution in [0.2, 0.25) is 0 Å². The molecule has 1 aliphatic heterocycles. The molecule has 0 unspecified atom stereocenters. The summed E-state index contributed by atoms with van der Waals surface area (Å²) in [6.45, 7) is 4.50. The number of aromatic nitrogens is 1. The van der Waals surface area contributed by atoms with Crippen molar-refractivity contribution in [3.8, 4) is 0 Å². The Labute approximate surface area is 64.5 Å². The minimum atomic E-state index is 1.20. The highest BCUT2D eigenvalue weighted by molar-refractivity contribution is 7.15. The number of nitrogens with zero attached hydrogens (tertiary/aromatic N) is 2. The van der Waals surface area contributed by atoms with Crippen LogP contribution in [0.3, 0.4) is 0 Å². The minimum Gasteiger partial charge on any atom is -0.348 e. The third-order valence-corrected chi connectivity index (χ3v) is 2.71. The number of anilines is 1. The Balaban J connectivity index is 2.17. The Morgan fingerprint density at radius 2 is 2.40 bits per heavy atom. The normalized spacial score (nSPS) is 17.1. The first kappa shape index (κ1) is 6.16. The highest BCUT2D eigenvalue weighted by atomic mass is 32.1. The van der Waals surface area contributed by atoms with Gasteiger partial charge in [0.25, 0.3) is 0 Å². The first-order valence-corrected chi connectivity index (χ1v) is 4.35. The third kappa shape index (κ3) is 0.904. The van der Waals surface area contributed by atoms with Crippen LogP contribution in [0.1, 0.15) is 11.3 Å². The van der Waals surface area contributed by atoms with Gasteiger partial charge in [-0.25, -0.2) is 4.98 Å². The molecule has 10 heavy (non-hydrogen) atoms. The van der Waals surface area contributed by atoms with E-state index in [1.54, 1.807) is 11.3 Å². The maximum atomic E-state index is 4.28. The summed E-state index contributed by atoms with van der Waals surface area (Å²) in [7, 11) is 0. The van der Waals surface area contributed by atoms with Crippen molar-refractivity contribution in [3.63, 3.8) is 0 Å². The van der Waals surface area contributed by atoms with Gasteiger partial charge in [-0.15, -0.1) is 11.3 Å². The second-order valence-electron chi connectivity index (χ2n) is 2.59. The van der Waals surface area contributed by atoms with E-state index < -0.39 is 0 Å². The predicted octanol–water partition coefficient (Wildman–Crippen LogP) is 1.66. The fourth-order valence-electron chi connectivity index (χ4n) is 0.997. The van der Waals surface area contributed by atoms with E-state index >= 15 is 0 Å². The molecule has 2 nitrogen and oxygen atoms in total. The van der Waals surface area contributed by atoms with Crippen LogP contribution in [-0.4, -0.2) is 18.1 Å². The van der Waals surface area contributed by atoms with E-state index in [9.17, 15) is 0 Å². The fourth-order valence-corrected chi connectivity index (χ4v) is 1.81. The fraction of sp³-hybridized carbons (Fsp3) is 0.571. The summed E-state index contributed by atoms with van der Waals surface area (Å²) in [5, 5.41) is 1.20. The molecule has 0 atom stereocenters. The smallest absolute Gasteiger partial charge is 0.185 e. The summed E-state index contributed by atoms with van der Waals surface area (Å²) in [6.07, 6.45) is 3.27. The van der Waals surface area contributed by atoms with E-state index in [2.05, 4.69) is 16.8 Å². The molecule has 0 N–H and O–H groups in total. The van der Waals surface area contributed by atoms with Crippen LogP contribution < -0.4 is 4.90 Å². The molecule has 1 aromatic heterocycles. The number of thiazole rings is 1. The Hall–Kier alpha value is -0.570. The van der Waals surface area contributed by atoms with Crippen LogP contribution in [0.15, 0.2) is 6.20 Å². The van der Waals surface area contributed by atoms with Gasteiger partial charge < -0.3 is 4.90 Å². The highest BCUT2D eigenvalue weighted by Crippen LogP contribution is 2.25. The summed E-state index contributed by atoms with van der Waals surface area (Å²) < 4.78 is 0. The second-order valence-corrected chi connectivity index (χ2v) is 3.81. The average molecular weight is 154 g/mol. The monoisotopic (exact) mass is 154 g/mol. The number of aryl methyl sites for hydroxylation is 1. The number of rotatable bonds is 1. The van der Waals surface area contributed by atoms with Gasteiger partial charge in [0.2, 0.25) is 0 Å². The average Bonchev–Trinajstić information content (AvgIpc) is 2.10. The lowest BCUT2D eigenvalue weighted by molar-refractivity contribution is 0.616. The largest absolute Gasteiger partial charge is 0.348 e. The van der Waals surface area contributed by atoms with Crippen molar-refractivity contribution in [1.29, 1.82) is 0 Å². The van der Waals surface area contributed by atoms with E-state index in [4.69, 9.17) is 0 Å². The molecule has 1 fully saturated rings. The first-order valence-electron chi connectivity index (χ1n) is 3.53. The summed E-state index contributed by atoms with van der Waals surface area (Å²) in [5.74, 6) is 0. The van der Waals surface area contributed by atoms with Gasteiger partial charge in [0.1, 0.15) is 0 Å². The maximum Gasteiger partial charge on any atom is 0.185 e. The molecule has 2 rings (SSSR count). The van der Waals surface area contributed by atoms with Gasteiger partial charge in [0.05, 0.1) is 0 Å². The quantitative estimate of drug-likeness (QED) is 0.611. The summed E-state index contributed by atoms with van der Waals surface area (Å²) in [4.78, 5) is 7.91.